The Morgan fingerprint density at radius 1 is 0.833 bits per heavy atom. The Hall–Kier alpha value is -1.04. The summed E-state index contributed by atoms with van der Waals surface area (Å²) in [7, 11) is 0. The lowest BCUT2D eigenvalue weighted by Gasteiger charge is -1.87. The molecule has 0 N–H and O–H groups in total. The van der Waals surface area contributed by atoms with Crippen LogP contribution in [0.3, 0.4) is 0 Å². The SMILES string of the molecule is [C]1=C\CC/C=C\C=C\C/C=C/C/1. The maximum atomic E-state index is 3.23. The van der Waals surface area contributed by atoms with Crippen LogP contribution in [0.5, 0.6) is 0 Å². The molecule has 0 nitrogen and oxygen atoms in total. The number of allylic oxidation sites excluding steroid dienone is 8. The van der Waals surface area contributed by atoms with E-state index in [4.69, 9.17) is 0 Å². The third-order valence-corrected chi connectivity index (χ3v) is 1.68. The Balaban J connectivity index is 2.41. The van der Waals surface area contributed by atoms with Gasteiger partial charge >= 0.3 is 0 Å². The van der Waals surface area contributed by atoms with Crippen LogP contribution in [0.4, 0.5) is 0 Å². The van der Waals surface area contributed by atoms with Crippen LogP contribution in [-0.4, -0.2) is 0 Å². The molecule has 0 aliphatic heterocycles. The second-order valence-electron chi connectivity index (χ2n) is 2.75. The molecule has 1 radical (unpaired) electrons. The summed E-state index contributed by atoms with van der Waals surface area (Å²) in [5.74, 6) is 0. The van der Waals surface area contributed by atoms with Gasteiger partial charge in [-0.05, 0) is 31.8 Å². The average Bonchev–Trinajstić information content (AvgIpc) is 2.05. The van der Waals surface area contributed by atoms with E-state index in [1.54, 1.807) is 0 Å². The third-order valence-electron chi connectivity index (χ3n) is 1.68. The molecule has 0 amide bonds. The van der Waals surface area contributed by atoms with Crippen LogP contribution in [-0.2, 0) is 0 Å². The Labute approximate surface area is 75.0 Å². The molecular weight excluding hydrogens is 144 g/mol. The zero-order valence-electron chi connectivity index (χ0n) is 7.37. The third kappa shape index (κ3) is 4.73. The van der Waals surface area contributed by atoms with Gasteiger partial charge in [0, 0.05) is 0 Å². The zero-order chi connectivity index (χ0) is 8.49. The standard InChI is InChI=1S/C12H15/c1-2-4-6-8-10-12-11-9-7-5-3-1/h1-4,7,9-10H,5-6,8,11H2/b3-1+,4-2-,9-7+,12-10?. The van der Waals surface area contributed by atoms with Crippen molar-refractivity contribution in [3.8, 4) is 0 Å². The van der Waals surface area contributed by atoms with Gasteiger partial charge in [0.25, 0.3) is 0 Å². The summed E-state index contributed by atoms with van der Waals surface area (Å²) in [4.78, 5) is 0. The van der Waals surface area contributed by atoms with Crippen molar-refractivity contribution in [2.45, 2.75) is 25.7 Å². The van der Waals surface area contributed by atoms with Gasteiger partial charge in [0.15, 0.2) is 0 Å². The fourth-order valence-corrected chi connectivity index (χ4v) is 1.02. The predicted molar refractivity (Wildman–Crippen MR) is 53.7 cm³/mol. The van der Waals surface area contributed by atoms with Gasteiger partial charge in [0.2, 0.25) is 0 Å². The van der Waals surface area contributed by atoms with E-state index < -0.39 is 0 Å². The van der Waals surface area contributed by atoms with Gasteiger partial charge in [-0.1, -0.05) is 42.5 Å². The molecule has 0 fully saturated rings. The van der Waals surface area contributed by atoms with Crippen LogP contribution in [0.25, 0.3) is 0 Å². The second kappa shape index (κ2) is 6.66. The van der Waals surface area contributed by atoms with Crippen molar-refractivity contribution < 1.29 is 0 Å². The Morgan fingerprint density at radius 3 is 2.75 bits per heavy atom. The Kier molecular flexibility index (Phi) is 5.02. The fraction of sp³-hybridized carbons (Fsp3) is 0.333. The molecule has 0 heteroatoms. The lowest BCUT2D eigenvalue weighted by Crippen LogP contribution is -1.68. The molecule has 0 saturated carbocycles. The summed E-state index contributed by atoms with van der Waals surface area (Å²) in [5.41, 5.74) is 0. The lowest BCUT2D eigenvalue weighted by atomic mass is 10.2. The minimum Gasteiger partial charge on any atom is -0.0844 e. The summed E-state index contributed by atoms with van der Waals surface area (Å²) in [6.45, 7) is 0. The van der Waals surface area contributed by atoms with E-state index in [2.05, 4.69) is 48.6 Å². The molecule has 63 valence electrons. The van der Waals surface area contributed by atoms with Gasteiger partial charge in [-0.3, -0.25) is 0 Å². The van der Waals surface area contributed by atoms with Gasteiger partial charge in [0.1, 0.15) is 0 Å². The topological polar surface area (TPSA) is 0 Å². The number of rotatable bonds is 0. The minimum absolute atomic E-state index is 0.956. The quantitative estimate of drug-likeness (QED) is 0.474. The summed E-state index contributed by atoms with van der Waals surface area (Å²) in [6.07, 6.45) is 22.5. The largest absolute Gasteiger partial charge is 0.0844 e. The monoisotopic (exact) mass is 159 g/mol. The Morgan fingerprint density at radius 2 is 1.75 bits per heavy atom. The first-order valence-corrected chi connectivity index (χ1v) is 4.52. The number of hydrogen-bond acceptors (Lipinski definition) is 0. The van der Waals surface area contributed by atoms with E-state index in [-0.39, 0.29) is 0 Å². The highest BCUT2D eigenvalue weighted by atomic mass is 13.8. The molecule has 1 aliphatic rings. The van der Waals surface area contributed by atoms with Crippen LogP contribution in [0.15, 0.2) is 42.5 Å². The van der Waals surface area contributed by atoms with E-state index in [1.165, 1.54) is 0 Å². The smallest absolute Gasteiger partial charge is 0.00978 e. The minimum atomic E-state index is 0.956. The van der Waals surface area contributed by atoms with Crippen LogP contribution < -0.4 is 0 Å². The molecule has 0 spiro atoms. The Bertz CT molecular complexity index is 204. The molecule has 1 rings (SSSR count). The van der Waals surface area contributed by atoms with Crippen LogP contribution in [0.2, 0.25) is 0 Å². The van der Waals surface area contributed by atoms with E-state index in [1.807, 2.05) is 0 Å². The lowest BCUT2D eigenvalue weighted by molar-refractivity contribution is 1.04. The molecule has 0 aromatic heterocycles. The molecule has 0 saturated heterocycles. The van der Waals surface area contributed by atoms with Crippen molar-refractivity contribution in [1.29, 1.82) is 0 Å². The molecule has 0 aromatic rings. The first-order chi connectivity index (χ1) is 6.00. The van der Waals surface area contributed by atoms with Crippen molar-refractivity contribution in [3.63, 3.8) is 0 Å². The first-order valence-electron chi connectivity index (χ1n) is 4.52. The molecule has 12 heavy (non-hydrogen) atoms. The normalized spacial score (nSPS) is 29.3. The van der Waals surface area contributed by atoms with E-state index in [0.717, 1.165) is 25.7 Å². The predicted octanol–water partition coefficient (Wildman–Crippen LogP) is 3.59. The fourth-order valence-electron chi connectivity index (χ4n) is 1.02. The zero-order valence-corrected chi connectivity index (χ0v) is 7.37. The van der Waals surface area contributed by atoms with Gasteiger partial charge in [0.05, 0.1) is 0 Å². The van der Waals surface area contributed by atoms with Crippen molar-refractivity contribution in [2.75, 3.05) is 0 Å². The molecule has 1 aliphatic carbocycles. The van der Waals surface area contributed by atoms with Gasteiger partial charge < -0.3 is 0 Å². The molecule has 0 unspecified atom stereocenters. The van der Waals surface area contributed by atoms with Crippen molar-refractivity contribution >= 4 is 0 Å². The second-order valence-corrected chi connectivity index (χ2v) is 2.75. The van der Waals surface area contributed by atoms with Crippen molar-refractivity contribution in [3.05, 3.63) is 48.6 Å². The summed E-state index contributed by atoms with van der Waals surface area (Å²) in [6, 6.07) is 0. The summed E-state index contributed by atoms with van der Waals surface area (Å²) < 4.78 is 0. The molecule has 0 heterocycles. The molecule has 0 aromatic carbocycles. The highest BCUT2D eigenvalue weighted by Gasteiger charge is 1.78. The van der Waals surface area contributed by atoms with Crippen molar-refractivity contribution in [2.24, 2.45) is 0 Å². The molecule has 0 atom stereocenters. The molecular formula is C12H15. The van der Waals surface area contributed by atoms with Crippen LogP contribution in [0, 0.1) is 6.08 Å². The van der Waals surface area contributed by atoms with Gasteiger partial charge in [-0.25, -0.2) is 0 Å². The van der Waals surface area contributed by atoms with E-state index in [0.29, 0.717) is 0 Å². The maximum Gasteiger partial charge on any atom is -0.00978 e. The summed E-state index contributed by atoms with van der Waals surface area (Å²) >= 11 is 0. The first kappa shape index (κ1) is 9.05. The van der Waals surface area contributed by atoms with Crippen LogP contribution in [0.1, 0.15) is 25.7 Å². The highest BCUT2D eigenvalue weighted by Crippen LogP contribution is 1.97. The van der Waals surface area contributed by atoms with E-state index in [9.17, 15) is 0 Å². The number of hydrogen-bond donors (Lipinski definition) is 0. The highest BCUT2D eigenvalue weighted by molar-refractivity contribution is 5.06. The maximum absolute atomic E-state index is 3.23. The van der Waals surface area contributed by atoms with E-state index >= 15 is 0 Å². The molecule has 0 bridgehead atoms. The van der Waals surface area contributed by atoms with Crippen LogP contribution >= 0.6 is 0 Å². The van der Waals surface area contributed by atoms with Crippen molar-refractivity contribution in [1.82, 2.24) is 0 Å². The van der Waals surface area contributed by atoms with Gasteiger partial charge in [-0.15, -0.1) is 0 Å². The summed E-state index contributed by atoms with van der Waals surface area (Å²) in [5, 5.41) is 0. The average molecular weight is 159 g/mol. The van der Waals surface area contributed by atoms with Gasteiger partial charge in [-0.2, -0.15) is 0 Å².